The molecule has 0 spiro atoms. The maximum Gasteiger partial charge on any atom is 0.276 e. The molecule has 9 heteroatoms. The van der Waals surface area contributed by atoms with Crippen molar-refractivity contribution in [2.24, 2.45) is 0 Å². The first kappa shape index (κ1) is 17.6. The lowest BCUT2D eigenvalue weighted by atomic mass is 10.3. The number of thiazole rings is 1. The third-order valence-corrected chi connectivity index (χ3v) is 4.85. The largest absolute Gasteiger partial charge is 0.494 e. The molecular formula is C16H13Cl2N3O3S. The highest BCUT2D eigenvalue weighted by molar-refractivity contribution is 7.22. The Labute approximate surface area is 157 Å². The lowest BCUT2D eigenvalue weighted by Crippen LogP contribution is -2.33. The fourth-order valence-electron chi connectivity index (χ4n) is 2.01. The van der Waals surface area contributed by atoms with Gasteiger partial charge in [0.05, 0.1) is 16.8 Å². The van der Waals surface area contributed by atoms with Gasteiger partial charge in [-0.25, -0.2) is 4.98 Å². The van der Waals surface area contributed by atoms with Crippen molar-refractivity contribution in [1.82, 2.24) is 10.4 Å². The number of nitrogens with one attached hydrogen (secondary N) is 2. The summed E-state index contributed by atoms with van der Waals surface area (Å²) in [5.74, 6) is 0.810. The van der Waals surface area contributed by atoms with E-state index < -0.39 is 0 Å². The number of methoxy groups -OCH3 is 1. The van der Waals surface area contributed by atoms with Gasteiger partial charge in [0, 0.05) is 5.02 Å². The summed E-state index contributed by atoms with van der Waals surface area (Å²) in [6, 6.07) is 10.2. The topological polar surface area (TPSA) is 72.5 Å². The third kappa shape index (κ3) is 4.25. The van der Waals surface area contributed by atoms with Crippen LogP contribution in [0, 0.1) is 0 Å². The zero-order valence-corrected chi connectivity index (χ0v) is 15.3. The number of aromatic nitrogens is 1. The average molecular weight is 398 g/mol. The molecule has 0 unspecified atom stereocenters. The van der Waals surface area contributed by atoms with Gasteiger partial charge in [0.1, 0.15) is 17.0 Å². The molecule has 1 heterocycles. The van der Waals surface area contributed by atoms with Gasteiger partial charge in [-0.1, -0.05) is 34.5 Å². The van der Waals surface area contributed by atoms with Gasteiger partial charge >= 0.3 is 0 Å². The monoisotopic (exact) mass is 397 g/mol. The normalized spacial score (nSPS) is 10.5. The second kappa shape index (κ2) is 7.77. The number of hydrogen-bond donors (Lipinski definition) is 2. The molecule has 2 N–H and O–H groups in total. The van der Waals surface area contributed by atoms with Crippen LogP contribution in [0.1, 0.15) is 0 Å². The van der Waals surface area contributed by atoms with Gasteiger partial charge in [-0.05, 0) is 36.4 Å². The number of amides is 1. The first-order chi connectivity index (χ1) is 12.1. The Hall–Kier alpha value is -2.22. The zero-order chi connectivity index (χ0) is 17.8. The molecule has 2 aromatic carbocycles. The second-order valence-corrected chi connectivity index (χ2v) is 6.70. The Kier molecular flexibility index (Phi) is 5.47. The SMILES string of the molecule is COc1ccc(Cl)c2sc(NNC(=O)COc3ccc(Cl)cc3)nc12. The second-order valence-electron chi connectivity index (χ2n) is 4.86. The van der Waals surface area contributed by atoms with E-state index in [4.69, 9.17) is 32.7 Å². The summed E-state index contributed by atoms with van der Waals surface area (Å²) in [6.07, 6.45) is 0. The molecule has 25 heavy (non-hydrogen) atoms. The van der Waals surface area contributed by atoms with Crippen molar-refractivity contribution < 1.29 is 14.3 Å². The molecule has 0 aliphatic heterocycles. The van der Waals surface area contributed by atoms with Crippen molar-refractivity contribution in [3.05, 3.63) is 46.4 Å². The molecule has 0 saturated carbocycles. The molecule has 0 bridgehead atoms. The van der Waals surface area contributed by atoms with Gasteiger partial charge in [-0.2, -0.15) is 0 Å². The Morgan fingerprint density at radius 3 is 2.68 bits per heavy atom. The number of hydrazine groups is 1. The number of halogens is 2. The van der Waals surface area contributed by atoms with E-state index in [-0.39, 0.29) is 12.5 Å². The highest BCUT2D eigenvalue weighted by Gasteiger charge is 2.12. The number of anilines is 1. The number of nitrogens with zero attached hydrogens (tertiary/aromatic N) is 1. The predicted molar refractivity (Wildman–Crippen MR) is 99.9 cm³/mol. The molecule has 1 amide bonds. The minimum atomic E-state index is -0.354. The van der Waals surface area contributed by atoms with E-state index in [2.05, 4.69) is 15.8 Å². The maximum absolute atomic E-state index is 11.9. The summed E-state index contributed by atoms with van der Waals surface area (Å²) in [6.45, 7) is -0.149. The predicted octanol–water partition coefficient (Wildman–Crippen LogP) is 4.13. The number of fused-ring (bicyclic) bond motifs is 1. The molecule has 6 nitrogen and oxygen atoms in total. The summed E-state index contributed by atoms with van der Waals surface area (Å²) >= 11 is 13.3. The first-order valence-electron chi connectivity index (χ1n) is 7.13. The van der Waals surface area contributed by atoms with Crippen molar-refractivity contribution in [3.63, 3.8) is 0 Å². The molecule has 0 radical (unpaired) electrons. The zero-order valence-electron chi connectivity index (χ0n) is 13.0. The molecule has 0 fully saturated rings. The summed E-state index contributed by atoms with van der Waals surface area (Å²) in [4.78, 5) is 16.2. The molecule has 0 atom stereocenters. The van der Waals surface area contributed by atoms with Crippen LogP contribution in [0.3, 0.4) is 0 Å². The smallest absolute Gasteiger partial charge is 0.276 e. The molecule has 1 aromatic heterocycles. The number of rotatable bonds is 6. The molecule has 0 aliphatic carbocycles. The fraction of sp³-hybridized carbons (Fsp3) is 0.125. The number of carbonyl (C=O) groups excluding carboxylic acids is 1. The molecule has 0 saturated heterocycles. The van der Waals surface area contributed by atoms with Crippen LogP contribution in [-0.4, -0.2) is 24.6 Å². The van der Waals surface area contributed by atoms with Crippen LogP contribution in [0.4, 0.5) is 5.13 Å². The number of benzene rings is 2. The van der Waals surface area contributed by atoms with Gasteiger partial charge in [-0.3, -0.25) is 15.6 Å². The summed E-state index contributed by atoms with van der Waals surface area (Å²) < 4.78 is 11.4. The minimum Gasteiger partial charge on any atom is -0.494 e. The Balaban J connectivity index is 1.59. The first-order valence-corrected chi connectivity index (χ1v) is 8.70. The van der Waals surface area contributed by atoms with E-state index in [9.17, 15) is 4.79 Å². The lowest BCUT2D eigenvalue weighted by molar-refractivity contribution is -0.122. The van der Waals surface area contributed by atoms with Crippen LogP contribution >= 0.6 is 34.5 Å². The van der Waals surface area contributed by atoms with Crippen molar-refractivity contribution in [2.75, 3.05) is 19.1 Å². The van der Waals surface area contributed by atoms with Crippen LogP contribution in [0.25, 0.3) is 10.2 Å². The number of carbonyl (C=O) groups is 1. The maximum atomic E-state index is 11.9. The van der Waals surface area contributed by atoms with Crippen LogP contribution in [0.15, 0.2) is 36.4 Å². The van der Waals surface area contributed by atoms with Gasteiger partial charge in [0.15, 0.2) is 6.61 Å². The third-order valence-electron chi connectivity index (χ3n) is 3.17. The standard InChI is InChI=1S/C16H13Cl2N3O3S/c1-23-12-7-6-11(18)15-14(12)19-16(25-15)21-20-13(22)8-24-10-4-2-9(17)3-5-10/h2-7H,8H2,1H3,(H,19,21)(H,20,22). The van der Waals surface area contributed by atoms with Gasteiger partial charge in [-0.15, -0.1) is 0 Å². The average Bonchev–Trinajstić information content (AvgIpc) is 3.05. The van der Waals surface area contributed by atoms with Gasteiger partial charge in [0.25, 0.3) is 5.91 Å². The van der Waals surface area contributed by atoms with Crippen molar-refractivity contribution in [1.29, 1.82) is 0 Å². The Bertz CT molecular complexity index is 900. The van der Waals surface area contributed by atoms with E-state index >= 15 is 0 Å². The Morgan fingerprint density at radius 1 is 1.20 bits per heavy atom. The molecule has 0 aliphatic rings. The van der Waals surface area contributed by atoms with E-state index in [1.165, 1.54) is 11.3 Å². The van der Waals surface area contributed by atoms with E-state index in [0.29, 0.717) is 32.2 Å². The minimum absolute atomic E-state index is 0.149. The summed E-state index contributed by atoms with van der Waals surface area (Å²) in [7, 11) is 1.56. The van der Waals surface area contributed by atoms with Crippen LogP contribution < -0.4 is 20.3 Å². The molecule has 3 rings (SSSR count). The highest BCUT2D eigenvalue weighted by atomic mass is 35.5. The number of hydrogen-bond acceptors (Lipinski definition) is 6. The van der Waals surface area contributed by atoms with E-state index in [1.54, 1.807) is 43.5 Å². The quantitative estimate of drug-likeness (QED) is 0.611. The fourth-order valence-corrected chi connectivity index (χ4v) is 3.24. The molecule has 130 valence electrons. The van der Waals surface area contributed by atoms with Gasteiger partial charge in [0.2, 0.25) is 5.13 Å². The van der Waals surface area contributed by atoms with Crippen LogP contribution in [-0.2, 0) is 4.79 Å². The highest BCUT2D eigenvalue weighted by Crippen LogP contribution is 2.36. The summed E-state index contributed by atoms with van der Waals surface area (Å²) in [5.41, 5.74) is 5.91. The van der Waals surface area contributed by atoms with Gasteiger partial charge < -0.3 is 9.47 Å². The van der Waals surface area contributed by atoms with Crippen LogP contribution in [0.2, 0.25) is 10.0 Å². The molecular weight excluding hydrogens is 385 g/mol. The van der Waals surface area contributed by atoms with E-state index in [1.807, 2.05) is 0 Å². The van der Waals surface area contributed by atoms with Crippen molar-refractivity contribution >= 4 is 55.8 Å². The van der Waals surface area contributed by atoms with Crippen molar-refractivity contribution in [3.8, 4) is 11.5 Å². The lowest BCUT2D eigenvalue weighted by Gasteiger charge is -2.07. The Morgan fingerprint density at radius 2 is 1.96 bits per heavy atom. The van der Waals surface area contributed by atoms with Crippen molar-refractivity contribution in [2.45, 2.75) is 0 Å². The van der Waals surface area contributed by atoms with Crippen LogP contribution in [0.5, 0.6) is 11.5 Å². The van der Waals surface area contributed by atoms with E-state index in [0.717, 1.165) is 4.70 Å². The number of ether oxygens (including phenoxy) is 2. The summed E-state index contributed by atoms with van der Waals surface area (Å²) in [5, 5.41) is 1.66. The molecule has 3 aromatic rings.